The number of hydrogen-bond acceptors (Lipinski definition) is 4. The lowest BCUT2D eigenvalue weighted by Crippen LogP contribution is -2.56. The van der Waals surface area contributed by atoms with E-state index >= 15 is 0 Å². The van der Waals surface area contributed by atoms with Gasteiger partial charge in [-0.3, -0.25) is 4.90 Å². The number of ether oxygens (including phenoxy) is 1. The van der Waals surface area contributed by atoms with Crippen molar-refractivity contribution >= 4 is 0 Å². The third kappa shape index (κ3) is 3.24. The molecule has 2 aliphatic rings. The molecule has 3 heterocycles. The number of aromatic nitrogens is 1. The van der Waals surface area contributed by atoms with Crippen LogP contribution in [0.15, 0.2) is 42.6 Å². The Hall–Kier alpha value is -1.91. The summed E-state index contributed by atoms with van der Waals surface area (Å²) in [5, 5.41) is 11.6. The predicted octanol–water partition coefficient (Wildman–Crippen LogP) is 3.80. The molecule has 1 aromatic carbocycles. The molecule has 2 atom stereocenters. The Morgan fingerprint density at radius 1 is 1.19 bits per heavy atom. The van der Waals surface area contributed by atoms with E-state index in [1.807, 2.05) is 19.2 Å². The summed E-state index contributed by atoms with van der Waals surface area (Å²) in [6.45, 7) is 3.02. The second kappa shape index (κ2) is 7.01. The van der Waals surface area contributed by atoms with E-state index in [9.17, 15) is 5.11 Å². The quantitative estimate of drug-likeness (QED) is 0.909. The molecule has 138 valence electrons. The zero-order valence-electron chi connectivity index (χ0n) is 15.7. The second-order valence-electron chi connectivity index (χ2n) is 7.88. The summed E-state index contributed by atoms with van der Waals surface area (Å²) in [7, 11) is 1.63. The van der Waals surface area contributed by atoms with Crippen molar-refractivity contribution in [2.45, 2.75) is 63.3 Å². The largest absolute Gasteiger partial charge is 0.481 e. The van der Waals surface area contributed by atoms with Crippen LogP contribution in [0, 0.1) is 6.92 Å². The van der Waals surface area contributed by atoms with Crippen molar-refractivity contribution in [2.24, 2.45) is 0 Å². The van der Waals surface area contributed by atoms with Crippen LogP contribution in [0.4, 0.5) is 0 Å². The first-order valence-electron chi connectivity index (χ1n) is 9.62. The summed E-state index contributed by atoms with van der Waals surface area (Å²) in [5.41, 5.74) is 2.60. The monoisotopic (exact) mass is 352 g/mol. The van der Waals surface area contributed by atoms with E-state index in [4.69, 9.17) is 4.74 Å². The van der Waals surface area contributed by atoms with E-state index in [-0.39, 0.29) is 0 Å². The molecule has 26 heavy (non-hydrogen) atoms. The summed E-state index contributed by atoms with van der Waals surface area (Å²) in [6.07, 6.45) is 6.96. The molecular formula is C22H28N2O2. The van der Waals surface area contributed by atoms with E-state index in [1.165, 1.54) is 12.0 Å². The molecule has 4 nitrogen and oxygen atoms in total. The van der Waals surface area contributed by atoms with Crippen molar-refractivity contribution in [3.05, 3.63) is 59.3 Å². The molecule has 0 saturated carbocycles. The number of methoxy groups -OCH3 is 1. The van der Waals surface area contributed by atoms with Gasteiger partial charge < -0.3 is 9.84 Å². The number of fused-ring (bicyclic) bond motifs is 2. The molecule has 2 saturated heterocycles. The molecule has 4 heteroatoms. The van der Waals surface area contributed by atoms with Crippen LogP contribution in [0.1, 0.15) is 48.8 Å². The maximum Gasteiger partial charge on any atom is 0.213 e. The van der Waals surface area contributed by atoms with Crippen LogP contribution in [-0.2, 0) is 12.1 Å². The van der Waals surface area contributed by atoms with Crippen LogP contribution in [0.2, 0.25) is 0 Å². The summed E-state index contributed by atoms with van der Waals surface area (Å²) >= 11 is 0. The molecule has 2 unspecified atom stereocenters. The van der Waals surface area contributed by atoms with Crippen molar-refractivity contribution < 1.29 is 9.84 Å². The molecule has 0 aliphatic carbocycles. The zero-order chi connectivity index (χ0) is 18.1. The Kier molecular flexibility index (Phi) is 4.72. The summed E-state index contributed by atoms with van der Waals surface area (Å²) in [4.78, 5) is 6.99. The van der Waals surface area contributed by atoms with Crippen molar-refractivity contribution in [3.63, 3.8) is 0 Å². The molecule has 2 fully saturated rings. The SMILES string of the molecule is COc1cc(C)c(C2(O)CC3CCCC(C2)N3Cc2ccccc2)cn1. The lowest BCUT2D eigenvalue weighted by molar-refractivity contribution is -0.100. The van der Waals surface area contributed by atoms with Crippen molar-refractivity contribution in [1.29, 1.82) is 0 Å². The molecule has 1 aromatic heterocycles. The minimum absolute atomic E-state index is 0.425. The number of benzene rings is 1. The third-order valence-corrected chi connectivity index (χ3v) is 6.16. The average molecular weight is 352 g/mol. The van der Waals surface area contributed by atoms with Gasteiger partial charge in [-0.1, -0.05) is 36.8 Å². The average Bonchev–Trinajstić information content (AvgIpc) is 2.63. The van der Waals surface area contributed by atoms with Crippen LogP contribution in [-0.4, -0.2) is 34.2 Å². The van der Waals surface area contributed by atoms with Crippen LogP contribution in [0.3, 0.4) is 0 Å². The van der Waals surface area contributed by atoms with Gasteiger partial charge in [0.25, 0.3) is 0 Å². The van der Waals surface area contributed by atoms with Crippen LogP contribution in [0.25, 0.3) is 0 Å². The first-order valence-corrected chi connectivity index (χ1v) is 9.62. The zero-order valence-corrected chi connectivity index (χ0v) is 15.7. The van der Waals surface area contributed by atoms with E-state index in [1.54, 1.807) is 7.11 Å². The van der Waals surface area contributed by atoms with Gasteiger partial charge in [0, 0.05) is 36.5 Å². The van der Waals surface area contributed by atoms with Gasteiger partial charge >= 0.3 is 0 Å². The maximum absolute atomic E-state index is 11.6. The summed E-state index contributed by atoms with van der Waals surface area (Å²) < 4.78 is 5.23. The number of pyridine rings is 1. The highest BCUT2D eigenvalue weighted by atomic mass is 16.5. The Morgan fingerprint density at radius 3 is 2.50 bits per heavy atom. The van der Waals surface area contributed by atoms with Gasteiger partial charge in [-0.15, -0.1) is 0 Å². The topological polar surface area (TPSA) is 45.6 Å². The molecule has 2 aromatic rings. The highest BCUT2D eigenvalue weighted by molar-refractivity contribution is 5.34. The molecule has 2 bridgehead atoms. The second-order valence-corrected chi connectivity index (χ2v) is 7.88. The van der Waals surface area contributed by atoms with E-state index < -0.39 is 5.60 Å². The van der Waals surface area contributed by atoms with Gasteiger partial charge in [-0.05, 0) is 43.7 Å². The number of piperidine rings is 2. The Bertz CT molecular complexity index is 748. The van der Waals surface area contributed by atoms with Crippen LogP contribution < -0.4 is 4.74 Å². The first kappa shape index (κ1) is 17.5. The standard InChI is InChI=1S/C22H28N2O2/c1-16-11-21(26-2)23-14-20(16)22(25)12-18-9-6-10-19(13-22)24(18)15-17-7-4-3-5-8-17/h3-5,7-8,11,14,18-19,25H,6,9-10,12-13,15H2,1-2H3. The van der Waals surface area contributed by atoms with Crippen LogP contribution >= 0.6 is 0 Å². The van der Waals surface area contributed by atoms with Crippen LogP contribution in [0.5, 0.6) is 5.88 Å². The van der Waals surface area contributed by atoms with Gasteiger partial charge in [0.15, 0.2) is 0 Å². The van der Waals surface area contributed by atoms with E-state index in [0.717, 1.165) is 43.4 Å². The lowest BCUT2D eigenvalue weighted by Gasteiger charge is -2.52. The fraction of sp³-hybridized carbons (Fsp3) is 0.500. The fourth-order valence-corrected chi connectivity index (χ4v) is 4.92. The van der Waals surface area contributed by atoms with Crippen molar-refractivity contribution in [1.82, 2.24) is 9.88 Å². The van der Waals surface area contributed by atoms with Gasteiger partial charge in [0.1, 0.15) is 0 Å². The number of hydrogen-bond donors (Lipinski definition) is 1. The van der Waals surface area contributed by atoms with E-state index in [0.29, 0.717) is 18.0 Å². The minimum atomic E-state index is -0.785. The first-order chi connectivity index (χ1) is 12.6. The highest BCUT2D eigenvalue weighted by Gasteiger charge is 2.46. The number of nitrogens with zero attached hydrogens (tertiary/aromatic N) is 2. The number of rotatable bonds is 4. The van der Waals surface area contributed by atoms with E-state index in [2.05, 4.69) is 40.2 Å². The van der Waals surface area contributed by atoms with Crippen molar-refractivity contribution in [3.8, 4) is 5.88 Å². The molecule has 0 amide bonds. The summed E-state index contributed by atoms with van der Waals surface area (Å²) in [6, 6.07) is 13.5. The number of aryl methyl sites for hydroxylation is 1. The fourth-order valence-electron chi connectivity index (χ4n) is 4.92. The Balaban J connectivity index is 1.59. The number of aliphatic hydroxyl groups is 1. The van der Waals surface area contributed by atoms with Crippen molar-refractivity contribution in [2.75, 3.05) is 7.11 Å². The molecule has 4 rings (SSSR count). The molecular weight excluding hydrogens is 324 g/mol. The molecule has 0 spiro atoms. The highest BCUT2D eigenvalue weighted by Crippen LogP contribution is 2.45. The maximum atomic E-state index is 11.6. The predicted molar refractivity (Wildman–Crippen MR) is 102 cm³/mol. The molecule has 2 aliphatic heterocycles. The van der Waals surface area contributed by atoms with Gasteiger partial charge in [0.2, 0.25) is 5.88 Å². The van der Waals surface area contributed by atoms with Gasteiger partial charge in [0.05, 0.1) is 12.7 Å². The molecule has 1 N–H and O–H groups in total. The van der Waals surface area contributed by atoms with Gasteiger partial charge in [-0.2, -0.15) is 0 Å². The normalized spacial score (nSPS) is 28.7. The smallest absolute Gasteiger partial charge is 0.213 e. The Morgan fingerprint density at radius 2 is 1.88 bits per heavy atom. The summed E-state index contributed by atoms with van der Waals surface area (Å²) in [5.74, 6) is 0.608. The van der Waals surface area contributed by atoms with Gasteiger partial charge in [-0.25, -0.2) is 4.98 Å². The lowest BCUT2D eigenvalue weighted by atomic mass is 9.72. The third-order valence-electron chi connectivity index (χ3n) is 6.16. The molecule has 0 radical (unpaired) electrons. The minimum Gasteiger partial charge on any atom is -0.481 e. The Labute approximate surface area is 155 Å².